The van der Waals surface area contributed by atoms with Gasteiger partial charge in [0.25, 0.3) is 0 Å². The summed E-state index contributed by atoms with van der Waals surface area (Å²) >= 11 is 0. The Morgan fingerprint density at radius 3 is 2.33 bits per heavy atom. The van der Waals surface area contributed by atoms with Gasteiger partial charge in [-0.05, 0) is 60.4 Å². The highest BCUT2D eigenvalue weighted by Crippen LogP contribution is 2.46. The van der Waals surface area contributed by atoms with E-state index in [4.69, 9.17) is 0 Å². The van der Waals surface area contributed by atoms with E-state index >= 15 is 0 Å². The van der Waals surface area contributed by atoms with Crippen molar-refractivity contribution in [1.82, 2.24) is 4.72 Å². The van der Waals surface area contributed by atoms with Crippen LogP contribution in [0.1, 0.15) is 41.7 Å². The molecule has 6 nitrogen and oxygen atoms in total. The molecule has 1 amide bonds. The second-order valence-electron chi connectivity index (χ2n) is 8.76. The number of anilines is 1. The number of carbonyl (C=O) groups excluding carboxylic acids is 1. The lowest BCUT2D eigenvalue weighted by Crippen LogP contribution is -2.55. The Kier molecular flexibility index (Phi) is 7.85. The number of aliphatic hydroxyl groups excluding tert-OH is 1. The molecule has 4 rings (SSSR count). The van der Waals surface area contributed by atoms with E-state index in [0.29, 0.717) is 24.0 Å². The number of aliphatic hydroxyl groups is 1. The van der Waals surface area contributed by atoms with Gasteiger partial charge >= 0.3 is 0 Å². The number of amides is 1. The normalized spacial score (nSPS) is 18.2. The third-order valence-corrected chi connectivity index (χ3v) is 6.83. The minimum atomic E-state index is -3.29. The zero-order chi connectivity index (χ0) is 25.7. The molecule has 8 heteroatoms. The number of hydrogen-bond acceptors (Lipinski definition) is 4. The van der Waals surface area contributed by atoms with Gasteiger partial charge in [-0.15, -0.1) is 0 Å². The lowest BCUT2D eigenvalue weighted by atomic mass is 9.78. The molecule has 0 saturated carbocycles. The second kappa shape index (κ2) is 11.0. The SMILES string of the molecule is CS(=O)(=O)NCC#Cc1ccc(N2C(=O)[C@H](CC[C@H](O)c3ccc(F)cc3)[C@H]2c2ccccc2)cc1. The summed E-state index contributed by atoms with van der Waals surface area (Å²) in [6.07, 6.45) is 1.17. The summed E-state index contributed by atoms with van der Waals surface area (Å²) in [4.78, 5) is 15.0. The highest BCUT2D eigenvalue weighted by molar-refractivity contribution is 7.88. The topological polar surface area (TPSA) is 86.7 Å². The van der Waals surface area contributed by atoms with Gasteiger partial charge in [0, 0.05) is 11.3 Å². The number of sulfonamides is 1. The fraction of sp³-hybridized carbons (Fsp3) is 0.250. The molecule has 1 fully saturated rings. The average molecular weight is 507 g/mol. The number of nitrogens with zero attached hydrogens (tertiary/aromatic N) is 1. The lowest BCUT2D eigenvalue weighted by molar-refractivity contribution is -0.131. The molecule has 1 heterocycles. The van der Waals surface area contributed by atoms with Crippen LogP contribution in [0.15, 0.2) is 78.9 Å². The van der Waals surface area contributed by atoms with E-state index in [1.807, 2.05) is 42.5 Å². The quantitative estimate of drug-likeness (QED) is 0.358. The monoisotopic (exact) mass is 506 g/mol. The smallest absolute Gasteiger partial charge is 0.233 e. The van der Waals surface area contributed by atoms with Crippen LogP contribution in [-0.2, 0) is 14.8 Å². The zero-order valence-electron chi connectivity index (χ0n) is 19.8. The van der Waals surface area contributed by atoms with E-state index in [0.717, 1.165) is 17.5 Å². The number of nitrogens with one attached hydrogen (secondary N) is 1. The number of β-lactam (4-membered cyclic amide) rings is 1. The Morgan fingerprint density at radius 1 is 1.03 bits per heavy atom. The molecule has 0 aromatic heterocycles. The highest BCUT2D eigenvalue weighted by Gasteiger charge is 2.48. The van der Waals surface area contributed by atoms with Crippen LogP contribution in [0.2, 0.25) is 0 Å². The fourth-order valence-corrected chi connectivity index (χ4v) is 4.69. The molecular weight excluding hydrogens is 479 g/mol. The maximum atomic E-state index is 13.2. The minimum absolute atomic E-state index is 0.0206. The van der Waals surface area contributed by atoms with Crippen molar-refractivity contribution >= 4 is 21.6 Å². The Hall–Kier alpha value is -3.51. The molecule has 1 saturated heterocycles. The van der Waals surface area contributed by atoms with Crippen LogP contribution in [0.25, 0.3) is 0 Å². The summed E-state index contributed by atoms with van der Waals surface area (Å²) in [7, 11) is -3.29. The minimum Gasteiger partial charge on any atom is -0.388 e. The number of halogens is 1. The Bertz CT molecular complexity index is 1370. The fourth-order valence-electron chi connectivity index (χ4n) is 4.36. The number of carbonyl (C=O) groups is 1. The average Bonchev–Trinajstić information content (AvgIpc) is 2.86. The second-order valence-corrected chi connectivity index (χ2v) is 10.6. The van der Waals surface area contributed by atoms with E-state index in [2.05, 4.69) is 16.6 Å². The summed E-state index contributed by atoms with van der Waals surface area (Å²) in [5.41, 5.74) is 3.08. The number of hydrogen-bond donors (Lipinski definition) is 2. The van der Waals surface area contributed by atoms with E-state index in [1.165, 1.54) is 12.1 Å². The van der Waals surface area contributed by atoms with E-state index in [1.54, 1.807) is 29.2 Å². The van der Waals surface area contributed by atoms with Crippen molar-refractivity contribution in [3.63, 3.8) is 0 Å². The first-order chi connectivity index (χ1) is 17.2. The van der Waals surface area contributed by atoms with Crippen LogP contribution in [0.4, 0.5) is 10.1 Å². The van der Waals surface area contributed by atoms with Gasteiger partial charge in [-0.25, -0.2) is 17.5 Å². The molecule has 0 unspecified atom stereocenters. The Balaban J connectivity index is 1.48. The number of rotatable bonds is 8. The van der Waals surface area contributed by atoms with Gasteiger partial charge in [0.15, 0.2) is 0 Å². The van der Waals surface area contributed by atoms with Gasteiger partial charge in [-0.2, -0.15) is 0 Å². The van der Waals surface area contributed by atoms with Gasteiger partial charge in [-0.3, -0.25) is 4.79 Å². The van der Waals surface area contributed by atoms with Crippen molar-refractivity contribution in [1.29, 1.82) is 0 Å². The molecule has 0 spiro atoms. The molecule has 0 radical (unpaired) electrons. The number of benzene rings is 3. The largest absolute Gasteiger partial charge is 0.388 e. The van der Waals surface area contributed by atoms with Crippen molar-refractivity contribution < 1.29 is 22.7 Å². The van der Waals surface area contributed by atoms with Gasteiger partial charge in [0.05, 0.1) is 30.9 Å². The molecular formula is C28H27FN2O4S. The maximum absolute atomic E-state index is 13.2. The third kappa shape index (κ3) is 6.18. The van der Waals surface area contributed by atoms with Gasteiger partial charge < -0.3 is 10.0 Å². The summed E-state index contributed by atoms with van der Waals surface area (Å²) in [5.74, 6) is 5.00. The van der Waals surface area contributed by atoms with Crippen molar-refractivity contribution in [2.45, 2.75) is 25.0 Å². The van der Waals surface area contributed by atoms with Crippen LogP contribution in [0.3, 0.4) is 0 Å². The molecule has 2 N–H and O–H groups in total. The van der Waals surface area contributed by atoms with Crippen molar-refractivity contribution in [2.75, 3.05) is 17.7 Å². The molecule has 3 aromatic rings. The summed E-state index contributed by atoms with van der Waals surface area (Å²) in [6.45, 7) is 0.0206. The van der Waals surface area contributed by atoms with Gasteiger partial charge in [0.2, 0.25) is 15.9 Å². The first-order valence-corrected chi connectivity index (χ1v) is 13.5. The van der Waals surface area contributed by atoms with Gasteiger partial charge in [-0.1, -0.05) is 54.3 Å². The maximum Gasteiger partial charge on any atom is 0.233 e. The van der Waals surface area contributed by atoms with E-state index in [9.17, 15) is 22.7 Å². The van der Waals surface area contributed by atoms with Crippen LogP contribution < -0.4 is 9.62 Å². The van der Waals surface area contributed by atoms with Crippen LogP contribution in [0.5, 0.6) is 0 Å². The predicted molar refractivity (Wildman–Crippen MR) is 137 cm³/mol. The van der Waals surface area contributed by atoms with E-state index < -0.39 is 16.1 Å². The first kappa shape index (κ1) is 25.6. The summed E-state index contributed by atoms with van der Waals surface area (Å²) in [6, 6.07) is 22.6. The Labute approximate surface area is 210 Å². The third-order valence-electron chi connectivity index (χ3n) is 6.16. The van der Waals surface area contributed by atoms with Crippen LogP contribution in [-0.4, -0.2) is 32.2 Å². The molecule has 3 atom stereocenters. The highest BCUT2D eigenvalue weighted by atomic mass is 32.2. The molecule has 0 bridgehead atoms. The van der Waals surface area contributed by atoms with Gasteiger partial charge in [0.1, 0.15) is 5.82 Å². The lowest BCUT2D eigenvalue weighted by Gasteiger charge is -2.48. The molecule has 186 valence electrons. The predicted octanol–water partition coefficient (Wildman–Crippen LogP) is 3.94. The van der Waals surface area contributed by atoms with E-state index in [-0.39, 0.29) is 30.2 Å². The zero-order valence-corrected chi connectivity index (χ0v) is 20.6. The Morgan fingerprint density at radius 2 is 1.69 bits per heavy atom. The van der Waals surface area contributed by atoms with Crippen molar-refractivity contribution in [2.24, 2.45) is 5.92 Å². The van der Waals surface area contributed by atoms with Crippen molar-refractivity contribution in [3.05, 3.63) is 101 Å². The van der Waals surface area contributed by atoms with Crippen molar-refractivity contribution in [3.8, 4) is 11.8 Å². The first-order valence-electron chi connectivity index (χ1n) is 11.6. The molecule has 0 aliphatic carbocycles. The molecule has 3 aromatic carbocycles. The summed E-state index contributed by atoms with van der Waals surface area (Å²) < 4.78 is 37.8. The van der Waals surface area contributed by atoms with Crippen LogP contribution in [0, 0.1) is 23.6 Å². The molecule has 1 aliphatic heterocycles. The molecule has 36 heavy (non-hydrogen) atoms. The van der Waals surface area contributed by atoms with Crippen LogP contribution >= 0.6 is 0 Å². The molecule has 1 aliphatic rings. The summed E-state index contributed by atoms with van der Waals surface area (Å²) in [5, 5.41) is 10.6. The standard InChI is InChI=1S/C28H27FN2O4S/c1-36(34,35)30-19-5-6-20-9-15-24(16-10-20)31-27(22-7-3-2-4-8-22)25(28(31)33)17-18-26(32)21-11-13-23(29)14-12-21/h2-4,7-16,25-27,30,32H,17-19H2,1H3/t25-,26+,27-/m1/s1.